The Bertz CT molecular complexity index is 612. The van der Waals surface area contributed by atoms with Gasteiger partial charge in [-0.3, -0.25) is 0 Å². The Hall–Kier alpha value is -1.79. The van der Waals surface area contributed by atoms with E-state index >= 15 is 0 Å². The molecule has 2 N–H and O–H groups in total. The first-order valence-electron chi connectivity index (χ1n) is 6.52. The summed E-state index contributed by atoms with van der Waals surface area (Å²) < 4.78 is 10.5. The van der Waals surface area contributed by atoms with Crippen LogP contribution in [0.3, 0.4) is 0 Å². The van der Waals surface area contributed by atoms with Crippen LogP contribution in [-0.2, 0) is 19.5 Å². The first-order chi connectivity index (χ1) is 9.76. The number of phenols is 1. The van der Waals surface area contributed by atoms with Crippen molar-refractivity contribution in [1.82, 2.24) is 10.3 Å². The highest BCUT2D eigenvalue weighted by atomic mass is 32.1. The molecule has 1 aromatic carbocycles. The number of aryl methyl sites for hydroxylation is 1. The van der Waals surface area contributed by atoms with Crippen LogP contribution in [0.25, 0.3) is 0 Å². The molecule has 1 aliphatic heterocycles. The van der Waals surface area contributed by atoms with Gasteiger partial charge in [0.25, 0.3) is 0 Å². The van der Waals surface area contributed by atoms with Crippen molar-refractivity contribution in [2.75, 3.05) is 6.79 Å². The van der Waals surface area contributed by atoms with Crippen LogP contribution >= 0.6 is 11.3 Å². The maximum Gasteiger partial charge on any atom is 0.231 e. The number of aromatic nitrogens is 1. The molecule has 2 heterocycles. The monoisotopic (exact) mass is 292 g/mol. The summed E-state index contributed by atoms with van der Waals surface area (Å²) in [5, 5.41) is 14.3. The molecular weight excluding hydrogens is 276 g/mol. The van der Waals surface area contributed by atoms with Gasteiger partial charge in [-0.15, -0.1) is 11.3 Å². The summed E-state index contributed by atoms with van der Waals surface area (Å²) in [5.41, 5.74) is 0.793. The predicted molar refractivity (Wildman–Crippen MR) is 76.3 cm³/mol. The second-order valence-corrected chi connectivity index (χ2v) is 5.71. The standard InChI is InChI=1S/C14H16N2O3S/c1-2-10-6-16-14(20-10)7-15-5-9-3-12-13(4-11(9)17)19-8-18-12/h3-4,6,15,17H,2,5,7-8H2,1H3. The van der Waals surface area contributed by atoms with Gasteiger partial charge in [-0.25, -0.2) is 4.98 Å². The molecule has 2 aromatic rings. The van der Waals surface area contributed by atoms with Crippen LogP contribution in [0.15, 0.2) is 18.3 Å². The SMILES string of the molecule is CCc1cnc(CNCc2cc3c(cc2O)OCO3)s1. The third-order valence-corrected chi connectivity index (χ3v) is 4.26. The number of phenolic OH excluding ortho intramolecular Hbond substituents is 1. The van der Waals surface area contributed by atoms with Crippen molar-refractivity contribution in [1.29, 1.82) is 0 Å². The zero-order valence-electron chi connectivity index (χ0n) is 11.2. The van der Waals surface area contributed by atoms with E-state index in [1.165, 1.54) is 4.88 Å². The van der Waals surface area contributed by atoms with Gasteiger partial charge in [-0.05, 0) is 12.5 Å². The van der Waals surface area contributed by atoms with Crippen LogP contribution in [0.1, 0.15) is 22.4 Å². The molecule has 0 aliphatic carbocycles. The van der Waals surface area contributed by atoms with Gasteiger partial charge in [0, 0.05) is 35.8 Å². The second kappa shape index (κ2) is 5.68. The summed E-state index contributed by atoms with van der Waals surface area (Å²) in [6.45, 7) is 3.59. The van der Waals surface area contributed by atoms with Gasteiger partial charge in [0.15, 0.2) is 11.5 Å². The third-order valence-electron chi connectivity index (χ3n) is 3.12. The van der Waals surface area contributed by atoms with Crippen molar-refractivity contribution < 1.29 is 14.6 Å². The Morgan fingerprint density at radius 3 is 2.85 bits per heavy atom. The van der Waals surface area contributed by atoms with Gasteiger partial charge in [-0.1, -0.05) is 6.92 Å². The molecule has 0 spiro atoms. The summed E-state index contributed by atoms with van der Waals surface area (Å²) in [7, 11) is 0. The fourth-order valence-electron chi connectivity index (χ4n) is 2.01. The molecule has 1 aromatic heterocycles. The zero-order chi connectivity index (χ0) is 13.9. The fraction of sp³-hybridized carbons (Fsp3) is 0.357. The number of hydrogen-bond donors (Lipinski definition) is 2. The molecule has 5 nitrogen and oxygen atoms in total. The third kappa shape index (κ3) is 2.71. The highest BCUT2D eigenvalue weighted by Crippen LogP contribution is 2.37. The Labute approximate surface area is 121 Å². The smallest absolute Gasteiger partial charge is 0.231 e. The lowest BCUT2D eigenvalue weighted by Gasteiger charge is -2.07. The maximum atomic E-state index is 9.93. The minimum Gasteiger partial charge on any atom is -0.507 e. The number of aromatic hydroxyl groups is 1. The maximum absolute atomic E-state index is 9.93. The van der Waals surface area contributed by atoms with E-state index in [1.807, 2.05) is 12.3 Å². The minimum absolute atomic E-state index is 0.213. The predicted octanol–water partition coefficient (Wildman–Crippen LogP) is 2.43. The Morgan fingerprint density at radius 1 is 1.30 bits per heavy atom. The number of hydrogen-bond acceptors (Lipinski definition) is 6. The number of ether oxygens (including phenoxy) is 2. The average Bonchev–Trinajstić information content (AvgIpc) is 3.07. The normalized spacial score (nSPS) is 12.8. The van der Waals surface area contributed by atoms with E-state index in [-0.39, 0.29) is 12.5 Å². The molecule has 0 bridgehead atoms. The summed E-state index contributed by atoms with van der Waals surface area (Å²) in [6.07, 6.45) is 2.93. The summed E-state index contributed by atoms with van der Waals surface area (Å²) in [5.74, 6) is 1.50. The largest absolute Gasteiger partial charge is 0.507 e. The lowest BCUT2D eigenvalue weighted by atomic mass is 10.1. The summed E-state index contributed by atoms with van der Waals surface area (Å²) in [6, 6.07) is 3.40. The second-order valence-electron chi connectivity index (χ2n) is 4.51. The Morgan fingerprint density at radius 2 is 2.10 bits per heavy atom. The molecule has 0 saturated heterocycles. The van der Waals surface area contributed by atoms with Crippen molar-refractivity contribution in [2.45, 2.75) is 26.4 Å². The van der Waals surface area contributed by atoms with Crippen molar-refractivity contribution in [3.8, 4) is 17.2 Å². The number of fused-ring (bicyclic) bond motifs is 1. The lowest BCUT2D eigenvalue weighted by molar-refractivity contribution is 0.174. The molecule has 6 heteroatoms. The van der Waals surface area contributed by atoms with E-state index in [4.69, 9.17) is 9.47 Å². The first kappa shape index (κ1) is 13.2. The van der Waals surface area contributed by atoms with Crippen LogP contribution in [0, 0.1) is 0 Å². The number of thiazole rings is 1. The van der Waals surface area contributed by atoms with Crippen molar-refractivity contribution in [3.05, 3.63) is 33.8 Å². The fourth-order valence-corrected chi connectivity index (χ4v) is 2.84. The molecule has 3 rings (SSSR count). The number of rotatable bonds is 5. The molecule has 1 aliphatic rings. The van der Waals surface area contributed by atoms with Crippen molar-refractivity contribution in [3.63, 3.8) is 0 Å². The average molecular weight is 292 g/mol. The van der Waals surface area contributed by atoms with Gasteiger partial charge in [0.1, 0.15) is 10.8 Å². The molecule has 0 fully saturated rings. The van der Waals surface area contributed by atoms with E-state index in [0.29, 0.717) is 24.6 Å². The molecule has 0 radical (unpaired) electrons. The Balaban J connectivity index is 1.61. The van der Waals surface area contributed by atoms with Crippen LogP contribution in [-0.4, -0.2) is 16.9 Å². The summed E-state index contributed by atoms with van der Waals surface area (Å²) in [4.78, 5) is 5.63. The van der Waals surface area contributed by atoms with E-state index < -0.39 is 0 Å². The van der Waals surface area contributed by atoms with Crippen LogP contribution in [0.2, 0.25) is 0 Å². The quantitative estimate of drug-likeness (QED) is 0.886. The van der Waals surface area contributed by atoms with E-state index in [9.17, 15) is 5.11 Å². The molecule has 0 unspecified atom stereocenters. The van der Waals surface area contributed by atoms with Gasteiger partial charge in [0.2, 0.25) is 6.79 Å². The molecule has 106 valence electrons. The zero-order valence-corrected chi connectivity index (χ0v) is 12.0. The summed E-state index contributed by atoms with van der Waals surface area (Å²) >= 11 is 1.71. The molecular formula is C14H16N2O3S. The minimum atomic E-state index is 0.213. The highest BCUT2D eigenvalue weighted by Gasteiger charge is 2.16. The first-order valence-corrected chi connectivity index (χ1v) is 7.33. The topological polar surface area (TPSA) is 63.6 Å². The molecule has 0 saturated carbocycles. The van der Waals surface area contributed by atoms with Crippen LogP contribution in [0.4, 0.5) is 0 Å². The highest BCUT2D eigenvalue weighted by molar-refractivity contribution is 7.11. The van der Waals surface area contributed by atoms with Gasteiger partial charge < -0.3 is 19.9 Å². The van der Waals surface area contributed by atoms with E-state index in [0.717, 1.165) is 17.0 Å². The van der Waals surface area contributed by atoms with Gasteiger partial charge in [0.05, 0.1) is 0 Å². The van der Waals surface area contributed by atoms with Crippen LogP contribution < -0.4 is 14.8 Å². The number of nitrogens with one attached hydrogen (secondary N) is 1. The van der Waals surface area contributed by atoms with Crippen molar-refractivity contribution >= 4 is 11.3 Å². The van der Waals surface area contributed by atoms with Crippen molar-refractivity contribution in [2.24, 2.45) is 0 Å². The lowest BCUT2D eigenvalue weighted by Crippen LogP contribution is -2.12. The van der Waals surface area contributed by atoms with E-state index in [2.05, 4.69) is 17.2 Å². The Kier molecular flexibility index (Phi) is 3.75. The molecule has 0 atom stereocenters. The number of benzene rings is 1. The van der Waals surface area contributed by atoms with E-state index in [1.54, 1.807) is 17.4 Å². The molecule has 0 amide bonds. The number of nitrogens with zero attached hydrogens (tertiary/aromatic N) is 1. The molecule has 20 heavy (non-hydrogen) atoms. The van der Waals surface area contributed by atoms with Gasteiger partial charge in [-0.2, -0.15) is 0 Å². The van der Waals surface area contributed by atoms with Crippen LogP contribution in [0.5, 0.6) is 17.2 Å². The van der Waals surface area contributed by atoms with Gasteiger partial charge >= 0.3 is 0 Å².